The van der Waals surface area contributed by atoms with Gasteiger partial charge in [0.05, 0.1) is 23.5 Å². The molecule has 4 aromatic heterocycles. The molecule has 5 aromatic rings. The van der Waals surface area contributed by atoms with Gasteiger partial charge in [-0.25, -0.2) is 39.1 Å². The van der Waals surface area contributed by atoms with Crippen LogP contribution in [-0.4, -0.2) is 76.2 Å². The van der Waals surface area contributed by atoms with E-state index in [1.165, 1.54) is 18.6 Å². The van der Waals surface area contributed by atoms with E-state index in [4.69, 9.17) is 4.74 Å². The van der Waals surface area contributed by atoms with Crippen molar-refractivity contribution >= 4 is 28.7 Å². The minimum Gasteiger partial charge on any atom is -0.490 e. The van der Waals surface area contributed by atoms with E-state index in [2.05, 4.69) is 35.2 Å². The van der Waals surface area contributed by atoms with E-state index in [0.717, 1.165) is 25.0 Å². The molecule has 5 heterocycles. The third-order valence-electron chi connectivity index (χ3n) is 11.8. The average Bonchev–Trinajstić information content (AvgIpc) is 3.55. The number of piperidine rings is 1. The van der Waals surface area contributed by atoms with Crippen LogP contribution in [0.4, 0.5) is 23.5 Å². The Morgan fingerprint density at radius 3 is 2.20 bits per heavy atom. The number of rotatable bonds is 8. The quantitative estimate of drug-likeness (QED) is 0.182. The van der Waals surface area contributed by atoms with Crippen LogP contribution in [0.3, 0.4) is 0 Å². The zero-order chi connectivity index (χ0) is 38.1. The van der Waals surface area contributed by atoms with Crippen LogP contribution in [0.1, 0.15) is 61.0 Å². The molecule has 0 unspecified atom stereocenters. The molecule has 10 rings (SSSR count). The molecule has 0 atom stereocenters. The third-order valence-corrected chi connectivity index (χ3v) is 11.8. The molecule has 284 valence electrons. The first-order chi connectivity index (χ1) is 26.5. The number of ether oxygens (including phenoxy) is 1. The molecular weight excluding hydrogens is 722 g/mol. The zero-order valence-corrected chi connectivity index (χ0v) is 29.3. The fourth-order valence-electron chi connectivity index (χ4n) is 9.56. The molecular formula is C38H35F4N9O4. The van der Waals surface area contributed by atoms with Gasteiger partial charge in [-0.2, -0.15) is 13.2 Å². The molecule has 0 spiro atoms. The van der Waals surface area contributed by atoms with E-state index in [0.29, 0.717) is 86.1 Å². The van der Waals surface area contributed by atoms with Crippen LogP contribution in [0.25, 0.3) is 28.2 Å². The first-order valence-electron chi connectivity index (χ1n) is 18.3. The number of carbonyl (C=O) groups is 2. The molecule has 1 saturated heterocycles. The third kappa shape index (κ3) is 6.18. The highest BCUT2D eigenvalue weighted by Crippen LogP contribution is 2.58. The first kappa shape index (κ1) is 35.0. The van der Waals surface area contributed by atoms with Crippen molar-refractivity contribution < 1.29 is 37.0 Å². The van der Waals surface area contributed by atoms with Crippen LogP contribution in [0.2, 0.25) is 0 Å². The molecule has 4 bridgehead atoms. The number of carbonyl (C=O) groups excluding carboxylic acids is 1. The Morgan fingerprint density at radius 1 is 0.891 bits per heavy atom. The van der Waals surface area contributed by atoms with Gasteiger partial charge in [0.25, 0.3) is 5.91 Å². The van der Waals surface area contributed by atoms with E-state index in [-0.39, 0.29) is 35.3 Å². The summed E-state index contributed by atoms with van der Waals surface area (Å²) in [5, 5.41) is 13.5. The van der Waals surface area contributed by atoms with Gasteiger partial charge in [-0.1, -0.05) is 0 Å². The molecule has 1 aliphatic heterocycles. The number of halogens is 4. The summed E-state index contributed by atoms with van der Waals surface area (Å²) in [6.45, 7) is 1.17. The van der Waals surface area contributed by atoms with Crippen molar-refractivity contribution in [3.8, 4) is 23.1 Å². The van der Waals surface area contributed by atoms with Gasteiger partial charge in [0.15, 0.2) is 17.3 Å². The maximum atomic E-state index is 14.8. The number of nitrogens with zero attached hydrogens (tertiary/aromatic N) is 8. The lowest BCUT2D eigenvalue weighted by molar-refractivity contribution is -0.163. The number of anilines is 1. The van der Waals surface area contributed by atoms with Gasteiger partial charge in [0.2, 0.25) is 11.9 Å². The summed E-state index contributed by atoms with van der Waals surface area (Å²) >= 11 is 0. The SMILES string of the molecule is O=C(NC1(C(=O)O)C2CC3CC(C2)CC1C3)c1cnc(-c2cn(-c3ncccn3)c3cc(OC4CCN(c5ncc(F)cn5)CC4)ccc23)nc1C(F)(F)F. The van der Waals surface area contributed by atoms with Crippen molar-refractivity contribution in [1.82, 2.24) is 39.8 Å². The fraction of sp³-hybridized carbons (Fsp3) is 0.421. The zero-order valence-electron chi connectivity index (χ0n) is 29.3. The van der Waals surface area contributed by atoms with Crippen molar-refractivity contribution in [2.45, 2.75) is 62.8 Å². The number of amides is 1. The maximum absolute atomic E-state index is 14.8. The van der Waals surface area contributed by atoms with E-state index >= 15 is 0 Å². The summed E-state index contributed by atoms with van der Waals surface area (Å²) in [5.74, 6) is -1.98. The molecule has 2 N–H and O–H groups in total. The van der Waals surface area contributed by atoms with Gasteiger partial charge in [-0.05, 0) is 74.0 Å². The predicted octanol–water partition coefficient (Wildman–Crippen LogP) is 5.88. The number of aromatic nitrogens is 7. The number of alkyl halides is 3. The second kappa shape index (κ2) is 13.2. The number of carboxylic acid groups (broad SMARTS) is 1. The van der Waals surface area contributed by atoms with Crippen LogP contribution in [0, 0.1) is 29.5 Å². The van der Waals surface area contributed by atoms with Crippen molar-refractivity contribution in [3.05, 3.63) is 78.5 Å². The first-order valence-corrected chi connectivity index (χ1v) is 18.3. The monoisotopic (exact) mass is 757 g/mol. The van der Waals surface area contributed by atoms with E-state index < -0.39 is 40.7 Å². The molecule has 1 aromatic carbocycles. The van der Waals surface area contributed by atoms with Crippen molar-refractivity contribution in [2.24, 2.45) is 23.7 Å². The minimum absolute atomic E-state index is 0.166. The summed E-state index contributed by atoms with van der Waals surface area (Å²) in [6.07, 6.45) is 7.23. The normalized spacial score (nSPS) is 25.0. The van der Waals surface area contributed by atoms with Gasteiger partial charge >= 0.3 is 12.1 Å². The highest BCUT2D eigenvalue weighted by atomic mass is 19.4. The molecule has 1 amide bonds. The molecule has 4 saturated carbocycles. The highest BCUT2D eigenvalue weighted by molar-refractivity contribution is 6.00. The minimum atomic E-state index is -5.06. The number of fused-ring (bicyclic) bond motifs is 1. The number of hydrogen-bond acceptors (Lipinski definition) is 10. The lowest BCUT2D eigenvalue weighted by Crippen LogP contribution is -2.70. The molecule has 4 aliphatic carbocycles. The highest BCUT2D eigenvalue weighted by Gasteiger charge is 2.62. The Balaban J connectivity index is 1.03. The van der Waals surface area contributed by atoms with E-state index in [9.17, 15) is 32.3 Å². The van der Waals surface area contributed by atoms with Gasteiger partial charge in [0.1, 0.15) is 17.4 Å². The summed E-state index contributed by atoms with van der Waals surface area (Å²) in [7, 11) is 0. The predicted molar refractivity (Wildman–Crippen MR) is 188 cm³/mol. The standard InChI is InChI=1S/C38H35F4N9O4/c39-24-16-46-35(47-17-24)50-8-4-25(5-9-50)55-26-2-3-27-29(19-51(30(27)15-26)36-43-6-1-7-44-36)32-45-18-28(31(48-32)38(40,41)42)33(52)49-37(34(53)54)22-11-20-10-21(13-22)14-23(37)12-20/h1-3,6-7,15-23,25H,4-5,8-14H2,(H,49,52)(H,53,54). The number of benzene rings is 1. The summed E-state index contributed by atoms with van der Waals surface area (Å²) < 4.78 is 65.6. The average molecular weight is 758 g/mol. The van der Waals surface area contributed by atoms with Crippen LogP contribution >= 0.6 is 0 Å². The van der Waals surface area contributed by atoms with Crippen LogP contribution in [0.5, 0.6) is 5.75 Å². The van der Waals surface area contributed by atoms with Gasteiger partial charge in [-0.15, -0.1) is 0 Å². The molecule has 55 heavy (non-hydrogen) atoms. The van der Waals surface area contributed by atoms with Crippen LogP contribution in [-0.2, 0) is 11.0 Å². The van der Waals surface area contributed by atoms with Crippen LogP contribution < -0.4 is 15.0 Å². The Morgan fingerprint density at radius 2 is 1.56 bits per heavy atom. The number of aliphatic carboxylic acids is 1. The van der Waals surface area contributed by atoms with E-state index in [1.807, 2.05) is 4.90 Å². The second-order valence-electron chi connectivity index (χ2n) is 15.0. The number of carboxylic acids is 1. The lowest BCUT2D eigenvalue weighted by Gasteiger charge is -2.59. The number of hydrogen-bond donors (Lipinski definition) is 2. The van der Waals surface area contributed by atoms with Gasteiger partial charge in [0, 0.05) is 67.7 Å². The molecule has 5 fully saturated rings. The summed E-state index contributed by atoms with van der Waals surface area (Å²) in [4.78, 5) is 53.6. The largest absolute Gasteiger partial charge is 0.490 e. The van der Waals surface area contributed by atoms with Crippen LogP contribution in [0.15, 0.2) is 61.4 Å². The Labute approximate surface area is 311 Å². The van der Waals surface area contributed by atoms with Crippen molar-refractivity contribution in [2.75, 3.05) is 18.0 Å². The van der Waals surface area contributed by atoms with Crippen molar-refractivity contribution in [1.29, 1.82) is 0 Å². The maximum Gasteiger partial charge on any atom is 0.434 e. The smallest absolute Gasteiger partial charge is 0.434 e. The summed E-state index contributed by atoms with van der Waals surface area (Å²) in [6, 6.07) is 6.78. The van der Waals surface area contributed by atoms with Gasteiger partial charge < -0.3 is 20.1 Å². The number of nitrogens with one attached hydrogen (secondary N) is 1. The van der Waals surface area contributed by atoms with Crippen molar-refractivity contribution in [3.63, 3.8) is 0 Å². The topological polar surface area (TPSA) is 161 Å². The van der Waals surface area contributed by atoms with E-state index in [1.54, 1.807) is 28.8 Å². The van der Waals surface area contributed by atoms with Gasteiger partial charge in [-0.3, -0.25) is 9.36 Å². The Hall–Kier alpha value is -5.74. The lowest BCUT2D eigenvalue weighted by atomic mass is 9.48. The summed E-state index contributed by atoms with van der Waals surface area (Å²) in [5.41, 5.74) is -3.22. The molecule has 17 heteroatoms. The molecule has 0 radical (unpaired) electrons. The second-order valence-corrected chi connectivity index (χ2v) is 15.0. The Kier molecular flexibility index (Phi) is 8.42. The fourth-order valence-corrected chi connectivity index (χ4v) is 9.56. The molecule has 13 nitrogen and oxygen atoms in total. The molecule has 5 aliphatic rings. The Bertz CT molecular complexity index is 2250.